The van der Waals surface area contributed by atoms with E-state index >= 15 is 0 Å². The van der Waals surface area contributed by atoms with Gasteiger partial charge in [-0.3, -0.25) is 0 Å². The number of hydrogen-bond acceptors (Lipinski definition) is 1. The maximum absolute atomic E-state index is 5.64. The van der Waals surface area contributed by atoms with Gasteiger partial charge in [0.25, 0.3) is 0 Å². The summed E-state index contributed by atoms with van der Waals surface area (Å²) < 4.78 is 5.64. The van der Waals surface area contributed by atoms with E-state index in [2.05, 4.69) is 32.0 Å². The lowest BCUT2D eigenvalue weighted by atomic mass is 10.1. The molecule has 1 nitrogen and oxygen atoms in total. The van der Waals surface area contributed by atoms with Crippen molar-refractivity contribution in [3.05, 3.63) is 29.8 Å². The topological polar surface area (TPSA) is 9.23 Å². The molecule has 1 heteroatoms. The average Bonchev–Trinajstić information content (AvgIpc) is 2.17. The Bertz CT molecular complexity index is 243. The van der Waals surface area contributed by atoms with Gasteiger partial charge in [-0.1, -0.05) is 38.5 Å². The van der Waals surface area contributed by atoms with Gasteiger partial charge in [-0.25, -0.2) is 0 Å². The molecule has 0 saturated carbocycles. The molecule has 1 aromatic carbocycles. The summed E-state index contributed by atoms with van der Waals surface area (Å²) in [5.74, 6) is 1.06. The van der Waals surface area contributed by atoms with Crippen molar-refractivity contribution in [3.63, 3.8) is 0 Å². The van der Waals surface area contributed by atoms with Crippen LogP contribution in [-0.4, -0.2) is 6.61 Å². The first kappa shape index (κ1) is 10.1. The molecule has 1 aromatic rings. The number of benzene rings is 1. The van der Waals surface area contributed by atoms with Gasteiger partial charge in [-0.05, 0) is 24.5 Å². The number of rotatable bonds is 5. The molecule has 0 saturated heterocycles. The van der Waals surface area contributed by atoms with E-state index in [9.17, 15) is 0 Å². The van der Waals surface area contributed by atoms with Crippen molar-refractivity contribution in [1.82, 2.24) is 0 Å². The predicted octanol–water partition coefficient (Wildman–Crippen LogP) is 3.43. The van der Waals surface area contributed by atoms with Gasteiger partial charge in [0.2, 0.25) is 0 Å². The minimum Gasteiger partial charge on any atom is -0.493 e. The fraction of sp³-hybridized carbons (Fsp3) is 0.500. The summed E-state index contributed by atoms with van der Waals surface area (Å²) >= 11 is 0. The highest BCUT2D eigenvalue weighted by Crippen LogP contribution is 2.19. The highest BCUT2D eigenvalue weighted by molar-refractivity contribution is 5.33. The number of aryl methyl sites for hydroxylation is 1. The highest BCUT2D eigenvalue weighted by atomic mass is 16.5. The van der Waals surface area contributed by atoms with Crippen LogP contribution in [0.25, 0.3) is 0 Å². The molecule has 72 valence electrons. The van der Waals surface area contributed by atoms with Crippen LogP contribution in [0.2, 0.25) is 0 Å². The van der Waals surface area contributed by atoms with Gasteiger partial charge in [-0.2, -0.15) is 0 Å². The van der Waals surface area contributed by atoms with Gasteiger partial charge in [0, 0.05) is 0 Å². The molecule has 0 radical (unpaired) electrons. The van der Waals surface area contributed by atoms with Gasteiger partial charge in [0.05, 0.1) is 6.61 Å². The Balaban J connectivity index is 2.66. The quantitative estimate of drug-likeness (QED) is 0.671. The molecule has 0 bridgehead atoms. The molecule has 0 fully saturated rings. The lowest BCUT2D eigenvalue weighted by Gasteiger charge is -2.09. The summed E-state index contributed by atoms with van der Waals surface area (Å²) in [6.45, 7) is 5.14. The van der Waals surface area contributed by atoms with E-state index in [4.69, 9.17) is 4.74 Å². The molecular formula is C12H18O. The van der Waals surface area contributed by atoms with Crippen LogP contribution in [0.1, 0.15) is 32.3 Å². The Labute approximate surface area is 80.7 Å². The average molecular weight is 178 g/mol. The fourth-order valence-electron chi connectivity index (χ4n) is 1.33. The zero-order valence-electron chi connectivity index (χ0n) is 8.55. The van der Waals surface area contributed by atoms with Crippen LogP contribution in [-0.2, 0) is 6.42 Å². The predicted molar refractivity (Wildman–Crippen MR) is 56.2 cm³/mol. The lowest BCUT2D eigenvalue weighted by molar-refractivity contribution is 0.314. The fourth-order valence-corrected chi connectivity index (χ4v) is 1.33. The van der Waals surface area contributed by atoms with E-state index < -0.39 is 0 Å². The monoisotopic (exact) mass is 178 g/mol. The molecule has 0 aliphatic carbocycles. The van der Waals surface area contributed by atoms with Crippen LogP contribution in [0.4, 0.5) is 0 Å². The second-order valence-corrected chi connectivity index (χ2v) is 3.21. The number of para-hydroxylation sites is 1. The Morgan fingerprint density at radius 1 is 1.08 bits per heavy atom. The number of ether oxygens (including phenoxy) is 1. The maximum Gasteiger partial charge on any atom is 0.122 e. The van der Waals surface area contributed by atoms with E-state index in [0.29, 0.717) is 0 Å². The zero-order valence-corrected chi connectivity index (χ0v) is 8.55. The first-order valence-electron chi connectivity index (χ1n) is 5.09. The third-order valence-corrected chi connectivity index (χ3v) is 1.95. The zero-order chi connectivity index (χ0) is 9.52. The molecule has 0 N–H and O–H groups in total. The first-order valence-corrected chi connectivity index (χ1v) is 5.09. The Morgan fingerprint density at radius 3 is 2.54 bits per heavy atom. The van der Waals surface area contributed by atoms with Crippen LogP contribution in [0.15, 0.2) is 24.3 Å². The third kappa shape index (κ3) is 3.10. The van der Waals surface area contributed by atoms with Gasteiger partial charge in [0.15, 0.2) is 0 Å². The molecule has 0 aromatic heterocycles. The van der Waals surface area contributed by atoms with Crippen molar-refractivity contribution in [2.24, 2.45) is 0 Å². The second kappa shape index (κ2) is 5.63. The van der Waals surface area contributed by atoms with Crippen molar-refractivity contribution < 1.29 is 4.74 Å². The third-order valence-electron chi connectivity index (χ3n) is 1.95. The van der Waals surface area contributed by atoms with Crippen LogP contribution in [0.3, 0.4) is 0 Å². The summed E-state index contributed by atoms with van der Waals surface area (Å²) in [7, 11) is 0. The second-order valence-electron chi connectivity index (χ2n) is 3.21. The van der Waals surface area contributed by atoms with E-state index in [1.54, 1.807) is 0 Å². The summed E-state index contributed by atoms with van der Waals surface area (Å²) in [6.07, 6.45) is 3.35. The van der Waals surface area contributed by atoms with Crippen molar-refractivity contribution in [3.8, 4) is 5.75 Å². The molecule has 0 heterocycles. The lowest BCUT2D eigenvalue weighted by Crippen LogP contribution is -1.98. The summed E-state index contributed by atoms with van der Waals surface area (Å²) in [5.41, 5.74) is 1.33. The molecule has 0 aliphatic heterocycles. The highest BCUT2D eigenvalue weighted by Gasteiger charge is 2.00. The smallest absolute Gasteiger partial charge is 0.122 e. The molecular weight excluding hydrogens is 160 g/mol. The van der Waals surface area contributed by atoms with Crippen molar-refractivity contribution in [1.29, 1.82) is 0 Å². The molecule has 13 heavy (non-hydrogen) atoms. The molecule has 1 rings (SSSR count). The molecule has 0 unspecified atom stereocenters. The number of hydrogen-bond donors (Lipinski definition) is 0. The Kier molecular flexibility index (Phi) is 4.37. The molecule has 0 spiro atoms. The van der Waals surface area contributed by atoms with Crippen LogP contribution in [0, 0.1) is 0 Å². The largest absolute Gasteiger partial charge is 0.493 e. The van der Waals surface area contributed by atoms with E-state index in [1.807, 2.05) is 6.07 Å². The summed E-state index contributed by atoms with van der Waals surface area (Å²) in [4.78, 5) is 0. The molecule has 0 atom stereocenters. The van der Waals surface area contributed by atoms with Crippen LogP contribution in [0.5, 0.6) is 5.75 Å². The summed E-state index contributed by atoms with van der Waals surface area (Å²) in [5, 5.41) is 0. The normalized spacial score (nSPS) is 10.0. The molecule has 0 aliphatic rings. The standard InChI is InChI=1S/C12H18O/c1-3-7-11-8-5-6-9-12(11)13-10-4-2/h5-6,8-9H,3-4,7,10H2,1-2H3. The van der Waals surface area contributed by atoms with Gasteiger partial charge < -0.3 is 4.74 Å². The van der Waals surface area contributed by atoms with Crippen LogP contribution < -0.4 is 4.74 Å². The van der Waals surface area contributed by atoms with Gasteiger partial charge in [0.1, 0.15) is 5.75 Å². The molecule has 0 amide bonds. The first-order chi connectivity index (χ1) is 6.38. The van der Waals surface area contributed by atoms with Crippen molar-refractivity contribution in [2.75, 3.05) is 6.61 Å². The van der Waals surface area contributed by atoms with Crippen molar-refractivity contribution in [2.45, 2.75) is 33.1 Å². The Hall–Kier alpha value is -0.980. The van der Waals surface area contributed by atoms with E-state index in [-0.39, 0.29) is 0 Å². The minimum absolute atomic E-state index is 0.820. The Morgan fingerprint density at radius 2 is 1.85 bits per heavy atom. The maximum atomic E-state index is 5.64. The minimum atomic E-state index is 0.820. The van der Waals surface area contributed by atoms with E-state index in [0.717, 1.165) is 25.2 Å². The summed E-state index contributed by atoms with van der Waals surface area (Å²) in [6, 6.07) is 8.31. The van der Waals surface area contributed by atoms with Crippen LogP contribution >= 0.6 is 0 Å². The van der Waals surface area contributed by atoms with E-state index in [1.165, 1.54) is 12.0 Å². The SMILES string of the molecule is CCCOc1ccccc1CCC. The van der Waals surface area contributed by atoms with Gasteiger partial charge in [-0.15, -0.1) is 0 Å². The van der Waals surface area contributed by atoms with Crippen molar-refractivity contribution >= 4 is 0 Å². The van der Waals surface area contributed by atoms with Gasteiger partial charge >= 0.3 is 0 Å².